The molecule has 2 fully saturated rings. The van der Waals surface area contributed by atoms with E-state index in [0.29, 0.717) is 26.3 Å². The van der Waals surface area contributed by atoms with Crippen molar-refractivity contribution in [2.24, 2.45) is 5.41 Å². The predicted octanol–water partition coefficient (Wildman–Crippen LogP) is 1.35. The van der Waals surface area contributed by atoms with E-state index in [-0.39, 0.29) is 11.2 Å². The van der Waals surface area contributed by atoms with Crippen molar-refractivity contribution in [1.82, 2.24) is 9.29 Å². The summed E-state index contributed by atoms with van der Waals surface area (Å²) in [6.45, 7) is 5.73. The summed E-state index contributed by atoms with van der Waals surface area (Å²) in [6, 6.07) is 5.89. The van der Waals surface area contributed by atoms with E-state index in [1.807, 2.05) is 18.2 Å². The smallest absolute Gasteiger partial charge is 0.213 e. The largest absolute Gasteiger partial charge is 0.379 e. The zero-order chi connectivity index (χ0) is 16.3. The van der Waals surface area contributed by atoms with Gasteiger partial charge in [-0.25, -0.2) is 17.7 Å². The van der Waals surface area contributed by atoms with Gasteiger partial charge in [0.2, 0.25) is 10.0 Å². The average Bonchev–Trinajstić information content (AvgIpc) is 2.78. The molecule has 3 rings (SSSR count). The molecule has 0 saturated carbocycles. The van der Waals surface area contributed by atoms with Crippen LogP contribution >= 0.6 is 0 Å². The Morgan fingerprint density at radius 1 is 1.30 bits per heavy atom. The van der Waals surface area contributed by atoms with Crippen LogP contribution in [0.4, 0.5) is 5.82 Å². The number of piperidine rings is 1. The summed E-state index contributed by atoms with van der Waals surface area (Å²) in [7, 11) is -3.15. The van der Waals surface area contributed by atoms with Gasteiger partial charge < -0.3 is 9.64 Å². The van der Waals surface area contributed by atoms with Crippen LogP contribution in [0, 0.1) is 5.41 Å². The quantitative estimate of drug-likeness (QED) is 0.832. The number of ether oxygens (including phenoxy) is 1. The highest BCUT2D eigenvalue weighted by molar-refractivity contribution is 7.89. The number of hydrogen-bond donors (Lipinski definition) is 0. The first-order chi connectivity index (χ1) is 11.0. The summed E-state index contributed by atoms with van der Waals surface area (Å²) in [5.41, 5.74) is -0.144. The maximum atomic E-state index is 12.3. The van der Waals surface area contributed by atoms with E-state index in [1.54, 1.807) is 17.4 Å². The number of nitrogens with zero attached hydrogens (tertiary/aromatic N) is 3. The number of anilines is 1. The minimum absolute atomic E-state index is 0.144. The summed E-state index contributed by atoms with van der Waals surface area (Å²) >= 11 is 0. The molecule has 1 spiro atoms. The van der Waals surface area contributed by atoms with Gasteiger partial charge in [-0.2, -0.15) is 0 Å². The molecule has 128 valence electrons. The Bertz CT molecular complexity index is 623. The molecular formula is C16H25N3O3S. The predicted molar refractivity (Wildman–Crippen MR) is 90.0 cm³/mol. The summed E-state index contributed by atoms with van der Waals surface area (Å²) in [5.74, 6) is 1.10. The van der Waals surface area contributed by atoms with Gasteiger partial charge in [-0.1, -0.05) is 6.07 Å². The summed E-state index contributed by atoms with van der Waals surface area (Å²) in [6.07, 6.45) is 3.67. The second kappa shape index (κ2) is 6.75. The van der Waals surface area contributed by atoms with E-state index in [0.717, 1.165) is 31.7 Å². The maximum Gasteiger partial charge on any atom is 0.213 e. The van der Waals surface area contributed by atoms with E-state index >= 15 is 0 Å². The van der Waals surface area contributed by atoms with Crippen molar-refractivity contribution in [2.45, 2.75) is 19.8 Å². The van der Waals surface area contributed by atoms with Crippen molar-refractivity contribution >= 4 is 15.8 Å². The molecule has 1 atom stereocenters. The van der Waals surface area contributed by atoms with Gasteiger partial charge >= 0.3 is 0 Å². The van der Waals surface area contributed by atoms with Gasteiger partial charge in [0, 0.05) is 37.8 Å². The van der Waals surface area contributed by atoms with Crippen molar-refractivity contribution in [3.05, 3.63) is 24.4 Å². The van der Waals surface area contributed by atoms with Gasteiger partial charge in [0.05, 0.1) is 19.0 Å². The van der Waals surface area contributed by atoms with Crippen molar-refractivity contribution < 1.29 is 13.2 Å². The van der Waals surface area contributed by atoms with Gasteiger partial charge in [0.1, 0.15) is 5.82 Å². The van der Waals surface area contributed by atoms with E-state index in [4.69, 9.17) is 4.74 Å². The number of hydrogen-bond acceptors (Lipinski definition) is 5. The Morgan fingerprint density at radius 2 is 2.17 bits per heavy atom. The molecule has 0 aliphatic carbocycles. The third-order valence-electron chi connectivity index (χ3n) is 4.80. The lowest BCUT2D eigenvalue weighted by Crippen LogP contribution is -2.52. The number of pyridine rings is 1. The van der Waals surface area contributed by atoms with E-state index in [9.17, 15) is 8.42 Å². The van der Waals surface area contributed by atoms with Crippen molar-refractivity contribution in [2.75, 3.05) is 50.0 Å². The second-order valence-electron chi connectivity index (χ2n) is 6.50. The monoisotopic (exact) mass is 339 g/mol. The molecule has 0 N–H and O–H groups in total. The SMILES string of the molecule is CCS(=O)(=O)N1CCC[C@]2(COCCN(c3ccccn3)C2)C1. The average molecular weight is 339 g/mol. The van der Waals surface area contributed by atoms with Crippen LogP contribution in [0.3, 0.4) is 0 Å². The van der Waals surface area contributed by atoms with Crippen LogP contribution in [0.25, 0.3) is 0 Å². The van der Waals surface area contributed by atoms with Crippen LogP contribution in [-0.4, -0.2) is 62.9 Å². The summed E-state index contributed by atoms with van der Waals surface area (Å²) in [5, 5.41) is 0. The van der Waals surface area contributed by atoms with Gasteiger partial charge in [0.25, 0.3) is 0 Å². The molecule has 0 amide bonds. The van der Waals surface area contributed by atoms with Crippen molar-refractivity contribution in [3.8, 4) is 0 Å². The molecular weight excluding hydrogens is 314 g/mol. The lowest BCUT2D eigenvalue weighted by atomic mass is 9.81. The standard InChI is InChI=1S/C16H25N3O3S/c1-2-23(20,21)19-9-5-7-16(13-19)12-18(10-11-22-14-16)15-6-3-4-8-17-15/h3-4,6,8H,2,5,7,9-14H2,1H3/t16-/m1/s1. The van der Waals surface area contributed by atoms with E-state index in [2.05, 4.69) is 9.88 Å². The Balaban J connectivity index is 1.82. The zero-order valence-electron chi connectivity index (χ0n) is 13.6. The molecule has 2 aliphatic rings. The molecule has 0 bridgehead atoms. The molecule has 0 aromatic carbocycles. The number of rotatable bonds is 3. The van der Waals surface area contributed by atoms with Crippen molar-refractivity contribution in [1.29, 1.82) is 0 Å². The molecule has 3 heterocycles. The third kappa shape index (κ3) is 3.67. The maximum absolute atomic E-state index is 12.3. The van der Waals surface area contributed by atoms with Gasteiger partial charge in [-0.05, 0) is 31.9 Å². The van der Waals surface area contributed by atoms with E-state index < -0.39 is 10.0 Å². The lowest BCUT2D eigenvalue weighted by molar-refractivity contribution is 0.0350. The molecule has 1 aromatic rings. The van der Waals surface area contributed by atoms with Crippen molar-refractivity contribution in [3.63, 3.8) is 0 Å². The van der Waals surface area contributed by atoms with Crippen LogP contribution < -0.4 is 4.90 Å². The van der Waals surface area contributed by atoms with Crippen LogP contribution in [0.5, 0.6) is 0 Å². The molecule has 0 radical (unpaired) electrons. The first-order valence-electron chi connectivity index (χ1n) is 8.26. The fraction of sp³-hybridized carbons (Fsp3) is 0.688. The topological polar surface area (TPSA) is 62.7 Å². The lowest BCUT2D eigenvalue weighted by Gasteiger charge is -2.43. The Morgan fingerprint density at radius 3 is 2.91 bits per heavy atom. The Kier molecular flexibility index (Phi) is 4.89. The molecule has 1 aromatic heterocycles. The van der Waals surface area contributed by atoms with Gasteiger partial charge in [0.15, 0.2) is 0 Å². The zero-order valence-corrected chi connectivity index (χ0v) is 14.5. The molecule has 7 heteroatoms. The summed E-state index contributed by atoms with van der Waals surface area (Å²) < 4.78 is 32.1. The molecule has 2 saturated heterocycles. The van der Waals surface area contributed by atoms with Crippen LogP contribution in [0.2, 0.25) is 0 Å². The first-order valence-corrected chi connectivity index (χ1v) is 9.87. The molecule has 23 heavy (non-hydrogen) atoms. The fourth-order valence-corrected chi connectivity index (χ4v) is 4.80. The summed E-state index contributed by atoms with van der Waals surface area (Å²) in [4.78, 5) is 6.68. The first kappa shape index (κ1) is 16.7. The molecule has 0 unspecified atom stereocenters. The normalized spacial score (nSPS) is 27.1. The third-order valence-corrected chi connectivity index (χ3v) is 6.63. The van der Waals surface area contributed by atoms with Crippen LogP contribution in [-0.2, 0) is 14.8 Å². The highest BCUT2D eigenvalue weighted by Crippen LogP contribution is 2.35. The molecule has 2 aliphatic heterocycles. The number of aromatic nitrogens is 1. The fourth-order valence-electron chi connectivity index (χ4n) is 3.56. The second-order valence-corrected chi connectivity index (χ2v) is 8.76. The van der Waals surface area contributed by atoms with Crippen LogP contribution in [0.15, 0.2) is 24.4 Å². The Hall–Kier alpha value is -1.18. The minimum atomic E-state index is -3.15. The van der Waals surface area contributed by atoms with Crippen LogP contribution in [0.1, 0.15) is 19.8 Å². The number of sulfonamides is 1. The van der Waals surface area contributed by atoms with Gasteiger partial charge in [-0.15, -0.1) is 0 Å². The molecule has 6 nitrogen and oxygen atoms in total. The minimum Gasteiger partial charge on any atom is -0.379 e. The highest BCUT2D eigenvalue weighted by atomic mass is 32.2. The highest BCUT2D eigenvalue weighted by Gasteiger charge is 2.42. The Labute approximate surface area is 138 Å². The van der Waals surface area contributed by atoms with E-state index in [1.165, 1.54) is 0 Å². The van der Waals surface area contributed by atoms with Gasteiger partial charge in [-0.3, -0.25) is 0 Å².